The van der Waals surface area contributed by atoms with Crippen molar-refractivity contribution in [2.75, 3.05) is 19.0 Å². The number of aromatic nitrogens is 4. The first kappa shape index (κ1) is 20.6. The Kier molecular flexibility index (Phi) is 5.70. The first-order valence-corrected chi connectivity index (χ1v) is 10.0. The topological polar surface area (TPSA) is 85.0 Å². The molecule has 0 bridgehead atoms. The molecule has 160 valence electrons. The normalized spacial score (nSPS) is 12.0. The fraction of sp³-hybridized carbons (Fsp3) is 0.261. The Morgan fingerprint density at radius 3 is 2.81 bits per heavy atom. The van der Waals surface area contributed by atoms with Crippen LogP contribution >= 0.6 is 0 Å². The van der Waals surface area contributed by atoms with Gasteiger partial charge in [0.25, 0.3) is 0 Å². The van der Waals surface area contributed by atoms with E-state index in [0.29, 0.717) is 46.0 Å². The van der Waals surface area contributed by atoms with Crippen LogP contribution in [0.4, 0.5) is 10.2 Å². The van der Waals surface area contributed by atoms with E-state index in [1.165, 1.54) is 12.4 Å². The number of fused-ring (bicyclic) bond motifs is 1. The molecule has 2 N–H and O–H groups in total. The number of imidazole rings is 1. The van der Waals surface area contributed by atoms with E-state index < -0.39 is 0 Å². The van der Waals surface area contributed by atoms with Gasteiger partial charge in [0.05, 0.1) is 26.1 Å². The number of halogens is 1. The third kappa shape index (κ3) is 3.88. The zero-order valence-corrected chi connectivity index (χ0v) is 17.9. The second-order valence-electron chi connectivity index (χ2n) is 7.13. The molecule has 0 fully saturated rings. The van der Waals surface area contributed by atoms with Gasteiger partial charge in [-0.2, -0.15) is 0 Å². The molecule has 4 rings (SSSR count). The molecule has 0 spiro atoms. The molecule has 4 aromatic rings. The van der Waals surface area contributed by atoms with E-state index in [1.807, 2.05) is 38.1 Å². The number of rotatable bonds is 7. The first-order valence-electron chi connectivity index (χ1n) is 10.0. The molecule has 0 amide bonds. The summed E-state index contributed by atoms with van der Waals surface area (Å²) in [5, 5.41) is 3.33. The Hall–Kier alpha value is -3.68. The van der Waals surface area contributed by atoms with Gasteiger partial charge in [-0.05, 0) is 50.1 Å². The number of hydrogen-bond donors (Lipinski definition) is 2. The highest BCUT2D eigenvalue weighted by Crippen LogP contribution is 2.41. The summed E-state index contributed by atoms with van der Waals surface area (Å²) in [6.45, 7) is 6.16. The number of methoxy groups -OCH3 is 1. The van der Waals surface area contributed by atoms with Gasteiger partial charge in [0, 0.05) is 11.1 Å². The van der Waals surface area contributed by atoms with Crippen molar-refractivity contribution in [1.29, 1.82) is 0 Å². The lowest BCUT2D eigenvalue weighted by atomic mass is 9.93. The van der Waals surface area contributed by atoms with Crippen LogP contribution in [0.15, 0.2) is 43.0 Å². The maximum absolute atomic E-state index is 15.0. The summed E-state index contributed by atoms with van der Waals surface area (Å²) in [6.07, 6.45) is 3.00. The lowest BCUT2D eigenvalue weighted by molar-refractivity contribution is 0.340. The molecular weight excluding hydrogens is 397 g/mol. The number of benzene rings is 2. The summed E-state index contributed by atoms with van der Waals surface area (Å²) in [4.78, 5) is 15.6. The third-order valence-corrected chi connectivity index (χ3v) is 5.19. The van der Waals surface area contributed by atoms with Gasteiger partial charge in [-0.15, -0.1) is 0 Å². The van der Waals surface area contributed by atoms with Gasteiger partial charge in [-0.25, -0.2) is 19.3 Å². The van der Waals surface area contributed by atoms with Gasteiger partial charge < -0.3 is 19.8 Å². The van der Waals surface area contributed by atoms with Gasteiger partial charge in [0.2, 0.25) is 0 Å². The van der Waals surface area contributed by atoms with Crippen LogP contribution < -0.4 is 14.8 Å². The average Bonchev–Trinajstić information content (AvgIpc) is 3.25. The summed E-state index contributed by atoms with van der Waals surface area (Å²) in [7, 11) is 1.59. The van der Waals surface area contributed by atoms with Gasteiger partial charge in [-0.1, -0.05) is 12.1 Å². The molecule has 1 atom stereocenters. The minimum absolute atomic E-state index is 0.305. The van der Waals surface area contributed by atoms with E-state index in [9.17, 15) is 0 Å². The highest BCUT2D eigenvalue weighted by molar-refractivity contribution is 5.82. The lowest BCUT2D eigenvalue weighted by Gasteiger charge is -2.22. The number of ether oxygens (including phenoxy) is 2. The van der Waals surface area contributed by atoms with Crippen molar-refractivity contribution < 1.29 is 13.9 Å². The molecule has 0 aliphatic carbocycles. The van der Waals surface area contributed by atoms with Gasteiger partial charge >= 0.3 is 0 Å². The first-order chi connectivity index (χ1) is 15.0. The Morgan fingerprint density at radius 2 is 2.03 bits per heavy atom. The molecule has 0 saturated heterocycles. The summed E-state index contributed by atoms with van der Waals surface area (Å²) in [5.74, 6) is 1.59. The van der Waals surface area contributed by atoms with Crippen LogP contribution in [0.2, 0.25) is 0 Å². The molecule has 2 heterocycles. The predicted molar refractivity (Wildman–Crippen MR) is 118 cm³/mol. The highest BCUT2D eigenvalue weighted by Gasteiger charge is 2.22. The van der Waals surface area contributed by atoms with Crippen LogP contribution in [0.1, 0.15) is 31.0 Å². The van der Waals surface area contributed by atoms with Gasteiger partial charge in [0.15, 0.2) is 11.5 Å². The van der Waals surface area contributed by atoms with E-state index in [-0.39, 0.29) is 11.9 Å². The summed E-state index contributed by atoms with van der Waals surface area (Å²) in [5.41, 5.74) is 3.95. The van der Waals surface area contributed by atoms with Crippen LogP contribution in [0, 0.1) is 12.7 Å². The van der Waals surface area contributed by atoms with Gasteiger partial charge in [0.1, 0.15) is 29.2 Å². The number of nitrogens with zero attached hydrogens (tertiary/aromatic N) is 3. The van der Waals surface area contributed by atoms with Crippen molar-refractivity contribution in [2.24, 2.45) is 0 Å². The maximum Gasteiger partial charge on any atom is 0.182 e. The second kappa shape index (κ2) is 8.59. The fourth-order valence-electron chi connectivity index (χ4n) is 3.70. The van der Waals surface area contributed by atoms with E-state index in [4.69, 9.17) is 9.47 Å². The molecule has 8 heteroatoms. The summed E-state index contributed by atoms with van der Waals surface area (Å²) >= 11 is 0. The van der Waals surface area contributed by atoms with Crippen molar-refractivity contribution in [1.82, 2.24) is 19.9 Å². The molecule has 2 aromatic carbocycles. The zero-order chi connectivity index (χ0) is 22.0. The molecule has 7 nitrogen and oxygen atoms in total. The number of hydrogen-bond acceptors (Lipinski definition) is 6. The van der Waals surface area contributed by atoms with E-state index in [2.05, 4.69) is 25.3 Å². The fourth-order valence-corrected chi connectivity index (χ4v) is 3.70. The van der Waals surface area contributed by atoms with Crippen molar-refractivity contribution in [3.63, 3.8) is 0 Å². The Labute approximate surface area is 179 Å². The molecular formula is C23H24FN5O2. The van der Waals surface area contributed by atoms with Crippen molar-refractivity contribution >= 4 is 17.0 Å². The van der Waals surface area contributed by atoms with E-state index in [0.717, 1.165) is 11.3 Å². The SMILES string of the molecule is CCOc1cccc(-c2c(C)c(F)cc(C(C)Nc3ncnc4nc[nH]c34)c2OC)c1. The number of aromatic amines is 1. The molecule has 0 aliphatic heterocycles. The molecule has 31 heavy (non-hydrogen) atoms. The minimum Gasteiger partial charge on any atom is -0.496 e. The average molecular weight is 421 g/mol. The molecule has 0 aliphatic rings. The predicted octanol–water partition coefficient (Wildman–Crippen LogP) is 5.05. The van der Waals surface area contributed by atoms with E-state index >= 15 is 4.39 Å². The molecule has 1 unspecified atom stereocenters. The summed E-state index contributed by atoms with van der Waals surface area (Å²) in [6, 6.07) is 8.79. The van der Waals surface area contributed by atoms with Crippen molar-refractivity contribution in [3.05, 3.63) is 59.9 Å². The van der Waals surface area contributed by atoms with E-state index in [1.54, 1.807) is 20.4 Å². The largest absolute Gasteiger partial charge is 0.496 e. The van der Waals surface area contributed by atoms with Crippen molar-refractivity contribution in [3.8, 4) is 22.6 Å². The summed E-state index contributed by atoms with van der Waals surface area (Å²) < 4.78 is 26.5. The molecule has 2 aromatic heterocycles. The maximum atomic E-state index is 15.0. The second-order valence-corrected chi connectivity index (χ2v) is 7.13. The Bertz CT molecular complexity index is 1220. The van der Waals surface area contributed by atoms with Crippen LogP contribution in [0.3, 0.4) is 0 Å². The standard InChI is InChI=1S/C23H24FN5O2/c1-5-31-16-8-6-7-15(9-16)19-13(2)18(24)10-17(21(19)30-4)14(3)29-23-20-22(26-11-25-20)27-12-28-23/h6-12,14H,5H2,1-4H3,(H2,25,26,27,28,29). The van der Waals surface area contributed by atoms with Gasteiger partial charge in [-0.3, -0.25) is 0 Å². The number of anilines is 1. The minimum atomic E-state index is -0.310. The lowest BCUT2D eigenvalue weighted by Crippen LogP contribution is -2.12. The van der Waals surface area contributed by atoms with Crippen LogP contribution in [0.5, 0.6) is 11.5 Å². The van der Waals surface area contributed by atoms with Crippen LogP contribution in [-0.4, -0.2) is 33.7 Å². The molecule has 0 radical (unpaired) electrons. The van der Waals surface area contributed by atoms with Crippen LogP contribution in [0.25, 0.3) is 22.3 Å². The van der Waals surface area contributed by atoms with Crippen molar-refractivity contribution in [2.45, 2.75) is 26.8 Å². The highest BCUT2D eigenvalue weighted by atomic mass is 19.1. The Morgan fingerprint density at radius 1 is 1.19 bits per heavy atom. The Balaban J connectivity index is 1.80. The number of nitrogens with one attached hydrogen (secondary N) is 2. The number of H-pyrrole nitrogens is 1. The molecule has 0 saturated carbocycles. The quantitative estimate of drug-likeness (QED) is 0.434. The zero-order valence-electron chi connectivity index (χ0n) is 17.9. The smallest absolute Gasteiger partial charge is 0.182 e. The third-order valence-electron chi connectivity index (χ3n) is 5.19. The van der Waals surface area contributed by atoms with Crippen LogP contribution in [-0.2, 0) is 0 Å². The monoisotopic (exact) mass is 421 g/mol.